The van der Waals surface area contributed by atoms with Crippen LogP contribution in [0.5, 0.6) is 11.5 Å². The highest BCUT2D eigenvalue weighted by molar-refractivity contribution is 7.14. The fourth-order valence-electron chi connectivity index (χ4n) is 1.88. The molecule has 19 heavy (non-hydrogen) atoms. The quantitative estimate of drug-likeness (QED) is 0.909. The number of nitrogens with one attached hydrogen (secondary N) is 1. The van der Waals surface area contributed by atoms with Gasteiger partial charge >= 0.3 is 0 Å². The number of rotatable bonds is 5. The summed E-state index contributed by atoms with van der Waals surface area (Å²) in [7, 11) is 3.33. The van der Waals surface area contributed by atoms with Crippen LogP contribution in [-0.4, -0.2) is 25.2 Å². The lowest BCUT2D eigenvalue weighted by Gasteiger charge is -2.08. The fraction of sp³-hybridized carbons (Fsp3) is 0.357. The van der Waals surface area contributed by atoms with E-state index in [0.717, 1.165) is 27.9 Å². The normalized spacial score (nSPS) is 14.2. The summed E-state index contributed by atoms with van der Waals surface area (Å²) in [6, 6.07) is 6.36. The second-order valence-electron chi connectivity index (χ2n) is 4.52. The Kier molecular flexibility index (Phi) is 3.29. The highest BCUT2D eigenvalue weighted by Gasteiger charge is 2.22. The van der Waals surface area contributed by atoms with Crippen LogP contribution in [-0.2, 0) is 0 Å². The van der Waals surface area contributed by atoms with E-state index in [0.29, 0.717) is 6.04 Å². The molecule has 0 atom stereocenters. The number of thiazole rings is 1. The van der Waals surface area contributed by atoms with Crippen LogP contribution in [0.2, 0.25) is 0 Å². The number of hydrogen-bond acceptors (Lipinski definition) is 5. The molecule has 0 amide bonds. The second-order valence-corrected chi connectivity index (χ2v) is 5.38. The molecule has 0 radical (unpaired) electrons. The zero-order valence-corrected chi connectivity index (χ0v) is 11.8. The minimum atomic E-state index is 0.617. The van der Waals surface area contributed by atoms with Crippen molar-refractivity contribution in [3.63, 3.8) is 0 Å². The number of nitrogens with zero attached hydrogens (tertiary/aromatic N) is 1. The first kappa shape index (κ1) is 12.3. The van der Waals surface area contributed by atoms with Gasteiger partial charge in [-0.15, -0.1) is 11.3 Å². The molecule has 1 aliphatic carbocycles. The summed E-state index contributed by atoms with van der Waals surface area (Å²) in [5, 5.41) is 6.43. The zero-order valence-electron chi connectivity index (χ0n) is 11.0. The van der Waals surface area contributed by atoms with Gasteiger partial charge in [0.2, 0.25) is 0 Å². The molecular weight excluding hydrogens is 260 g/mol. The van der Waals surface area contributed by atoms with Gasteiger partial charge in [0.1, 0.15) is 11.5 Å². The molecular formula is C14H16N2O2S. The van der Waals surface area contributed by atoms with Crippen LogP contribution in [0.25, 0.3) is 11.3 Å². The molecule has 0 saturated heterocycles. The molecule has 100 valence electrons. The van der Waals surface area contributed by atoms with Gasteiger partial charge in [0.05, 0.1) is 19.9 Å². The minimum Gasteiger partial charge on any atom is -0.497 e. The summed E-state index contributed by atoms with van der Waals surface area (Å²) in [5.74, 6) is 1.62. The monoisotopic (exact) mass is 276 g/mol. The molecule has 1 fully saturated rings. The standard InChI is InChI=1S/C14H16N2O2S/c1-17-10-5-6-13(18-2)11(7-10)12-8-19-14(16-12)15-9-3-4-9/h5-9H,3-4H2,1-2H3,(H,15,16). The summed E-state index contributed by atoms with van der Waals surface area (Å²) < 4.78 is 10.7. The Labute approximate surface area is 116 Å². The first-order chi connectivity index (χ1) is 9.30. The molecule has 1 aliphatic rings. The molecule has 3 rings (SSSR count). The number of aromatic nitrogens is 1. The molecule has 5 heteroatoms. The van der Waals surface area contributed by atoms with E-state index in [1.54, 1.807) is 25.6 Å². The van der Waals surface area contributed by atoms with Crippen molar-refractivity contribution in [2.45, 2.75) is 18.9 Å². The molecule has 1 N–H and O–H groups in total. The van der Waals surface area contributed by atoms with Gasteiger partial charge in [0.15, 0.2) is 5.13 Å². The molecule has 4 nitrogen and oxygen atoms in total. The Hall–Kier alpha value is -1.75. The highest BCUT2D eigenvalue weighted by Crippen LogP contribution is 2.36. The van der Waals surface area contributed by atoms with E-state index in [-0.39, 0.29) is 0 Å². The molecule has 0 aliphatic heterocycles. The predicted octanol–water partition coefficient (Wildman–Crippen LogP) is 3.40. The van der Waals surface area contributed by atoms with Crippen molar-refractivity contribution in [3.05, 3.63) is 23.6 Å². The molecule has 1 heterocycles. The largest absolute Gasteiger partial charge is 0.497 e. The van der Waals surface area contributed by atoms with Crippen molar-refractivity contribution < 1.29 is 9.47 Å². The van der Waals surface area contributed by atoms with Gasteiger partial charge in [0, 0.05) is 17.0 Å². The summed E-state index contributed by atoms with van der Waals surface area (Å²) in [6.45, 7) is 0. The van der Waals surface area contributed by atoms with Crippen LogP contribution >= 0.6 is 11.3 Å². The van der Waals surface area contributed by atoms with E-state index in [1.807, 2.05) is 23.6 Å². The van der Waals surface area contributed by atoms with Crippen LogP contribution in [0.4, 0.5) is 5.13 Å². The van der Waals surface area contributed by atoms with Crippen molar-refractivity contribution >= 4 is 16.5 Å². The first-order valence-corrected chi connectivity index (χ1v) is 7.12. The second kappa shape index (κ2) is 5.09. The summed E-state index contributed by atoms with van der Waals surface area (Å²) in [4.78, 5) is 4.62. The molecule has 0 spiro atoms. The smallest absolute Gasteiger partial charge is 0.183 e. The van der Waals surface area contributed by atoms with Crippen LogP contribution in [0.3, 0.4) is 0 Å². The number of benzene rings is 1. The Bertz CT molecular complexity index is 579. The van der Waals surface area contributed by atoms with Crippen LogP contribution in [0.15, 0.2) is 23.6 Å². The highest BCUT2D eigenvalue weighted by atomic mass is 32.1. The van der Waals surface area contributed by atoms with Crippen molar-refractivity contribution in [1.82, 2.24) is 4.98 Å². The number of hydrogen-bond donors (Lipinski definition) is 1. The maximum absolute atomic E-state index is 5.39. The topological polar surface area (TPSA) is 43.4 Å². The van der Waals surface area contributed by atoms with Crippen molar-refractivity contribution in [2.75, 3.05) is 19.5 Å². The Morgan fingerprint density at radius 3 is 2.79 bits per heavy atom. The first-order valence-electron chi connectivity index (χ1n) is 6.24. The summed E-state index contributed by atoms with van der Waals surface area (Å²) >= 11 is 1.63. The third kappa shape index (κ3) is 2.66. The van der Waals surface area contributed by atoms with Gasteiger partial charge in [-0.05, 0) is 31.0 Å². The number of anilines is 1. The van der Waals surface area contributed by atoms with E-state index in [9.17, 15) is 0 Å². The van der Waals surface area contributed by atoms with E-state index >= 15 is 0 Å². The summed E-state index contributed by atoms with van der Waals surface area (Å²) in [5.41, 5.74) is 1.88. The van der Waals surface area contributed by atoms with Crippen molar-refractivity contribution in [1.29, 1.82) is 0 Å². The average molecular weight is 276 g/mol. The van der Waals surface area contributed by atoms with Crippen LogP contribution in [0, 0.1) is 0 Å². The minimum absolute atomic E-state index is 0.617. The molecule has 1 aromatic carbocycles. The van der Waals surface area contributed by atoms with E-state index in [1.165, 1.54) is 12.8 Å². The molecule has 0 unspecified atom stereocenters. The van der Waals surface area contributed by atoms with Gasteiger partial charge in [-0.1, -0.05) is 0 Å². The van der Waals surface area contributed by atoms with Gasteiger partial charge < -0.3 is 14.8 Å². The fourth-order valence-corrected chi connectivity index (χ4v) is 2.67. The van der Waals surface area contributed by atoms with E-state index in [4.69, 9.17) is 9.47 Å². The Morgan fingerprint density at radius 2 is 2.11 bits per heavy atom. The van der Waals surface area contributed by atoms with Gasteiger partial charge in [-0.3, -0.25) is 0 Å². The third-order valence-electron chi connectivity index (χ3n) is 3.09. The van der Waals surface area contributed by atoms with E-state index in [2.05, 4.69) is 10.3 Å². The Balaban J connectivity index is 1.92. The SMILES string of the molecule is COc1ccc(OC)c(-c2csc(NC3CC3)n2)c1. The van der Waals surface area contributed by atoms with Crippen molar-refractivity contribution in [2.24, 2.45) is 0 Å². The third-order valence-corrected chi connectivity index (χ3v) is 3.87. The molecule has 0 bridgehead atoms. The maximum atomic E-state index is 5.39. The van der Waals surface area contributed by atoms with Gasteiger partial charge in [-0.25, -0.2) is 4.98 Å². The Morgan fingerprint density at radius 1 is 1.26 bits per heavy atom. The van der Waals surface area contributed by atoms with Crippen LogP contribution in [0.1, 0.15) is 12.8 Å². The predicted molar refractivity (Wildman–Crippen MR) is 77.3 cm³/mol. The van der Waals surface area contributed by atoms with Gasteiger partial charge in [0.25, 0.3) is 0 Å². The zero-order chi connectivity index (χ0) is 13.2. The van der Waals surface area contributed by atoms with E-state index < -0.39 is 0 Å². The maximum Gasteiger partial charge on any atom is 0.183 e. The van der Waals surface area contributed by atoms with Crippen molar-refractivity contribution in [3.8, 4) is 22.8 Å². The number of ether oxygens (including phenoxy) is 2. The lowest BCUT2D eigenvalue weighted by atomic mass is 10.1. The number of methoxy groups -OCH3 is 2. The van der Waals surface area contributed by atoms with Gasteiger partial charge in [-0.2, -0.15) is 0 Å². The average Bonchev–Trinajstić information content (AvgIpc) is 3.14. The lowest BCUT2D eigenvalue weighted by Crippen LogP contribution is -1.99. The lowest BCUT2D eigenvalue weighted by molar-refractivity contribution is 0.404. The molecule has 1 aromatic heterocycles. The van der Waals surface area contributed by atoms with Crippen LogP contribution < -0.4 is 14.8 Å². The molecule has 2 aromatic rings. The molecule has 1 saturated carbocycles. The summed E-state index contributed by atoms with van der Waals surface area (Å²) in [6.07, 6.45) is 2.49.